The number of benzene rings is 1. The number of amides is 1. The number of Topliss-reactive ketones (excluding diaryl/α,β-unsaturated/α-hetero) is 1. The molecular formula is C18H21N3O2S. The van der Waals surface area contributed by atoms with E-state index in [0.29, 0.717) is 16.4 Å². The minimum atomic E-state index is -0.334. The Morgan fingerprint density at radius 3 is 2.08 bits per heavy atom. The molecule has 0 bridgehead atoms. The van der Waals surface area contributed by atoms with E-state index < -0.39 is 0 Å². The number of aryl methyl sites for hydroxylation is 2. The minimum absolute atomic E-state index is 0.000871. The highest BCUT2D eigenvalue weighted by atomic mass is 32.2. The Balaban J connectivity index is 2.03. The predicted molar refractivity (Wildman–Crippen MR) is 96.6 cm³/mol. The molecule has 0 unspecified atom stereocenters. The van der Waals surface area contributed by atoms with Crippen molar-refractivity contribution >= 4 is 29.1 Å². The van der Waals surface area contributed by atoms with E-state index in [1.807, 2.05) is 27.7 Å². The van der Waals surface area contributed by atoms with Gasteiger partial charge in [0.15, 0.2) is 10.9 Å². The number of hydrogen-bond donors (Lipinski definition) is 1. The molecule has 0 aliphatic heterocycles. The summed E-state index contributed by atoms with van der Waals surface area (Å²) in [7, 11) is 0. The first-order valence-electron chi connectivity index (χ1n) is 7.68. The van der Waals surface area contributed by atoms with E-state index in [4.69, 9.17) is 0 Å². The standard InChI is InChI=1S/C18H21N3O2S/c1-10-11(2)19-18(20-12(10)3)24-14(5)17(23)21-16-8-6-15(7-9-16)13(4)22/h6-9,14H,1-5H3,(H,21,23)/t14-/m0/s1. The molecule has 2 aromatic rings. The fraction of sp³-hybridized carbons (Fsp3) is 0.333. The minimum Gasteiger partial charge on any atom is -0.325 e. The van der Waals surface area contributed by atoms with Crippen LogP contribution in [-0.4, -0.2) is 26.9 Å². The number of carbonyl (C=O) groups excluding carboxylic acids is 2. The Bertz CT molecular complexity index is 749. The molecule has 1 amide bonds. The number of aromatic nitrogens is 2. The molecule has 0 aliphatic carbocycles. The third-order valence-electron chi connectivity index (χ3n) is 3.82. The topological polar surface area (TPSA) is 72.0 Å². The Hall–Kier alpha value is -2.21. The summed E-state index contributed by atoms with van der Waals surface area (Å²) in [6.45, 7) is 9.19. The summed E-state index contributed by atoms with van der Waals surface area (Å²) in [4.78, 5) is 32.4. The van der Waals surface area contributed by atoms with Gasteiger partial charge in [0.2, 0.25) is 5.91 Å². The SMILES string of the molecule is CC(=O)c1ccc(NC(=O)[C@H](C)Sc2nc(C)c(C)c(C)n2)cc1. The molecule has 0 aliphatic rings. The Kier molecular flexibility index (Phi) is 5.72. The fourth-order valence-electron chi connectivity index (χ4n) is 2.04. The summed E-state index contributed by atoms with van der Waals surface area (Å²) < 4.78 is 0. The fourth-order valence-corrected chi connectivity index (χ4v) is 2.90. The maximum atomic E-state index is 12.3. The van der Waals surface area contributed by atoms with Crippen LogP contribution in [0, 0.1) is 20.8 Å². The molecule has 0 saturated heterocycles. The highest BCUT2D eigenvalue weighted by molar-refractivity contribution is 8.00. The molecule has 1 aromatic carbocycles. The summed E-state index contributed by atoms with van der Waals surface area (Å²) in [6, 6.07) is 6.85. The van der Waals surface area contributed by atoms with Crippen LogP contribution < -0.4 is 5.32 Å². The van der Waals surface area contributed by atoms with E-state index in [1.165, 1.54) is 18.7 Å². The molecule has 6 heteroatoms. The molecule has 1 heterocycles. The van der Waals surface area contributed by atoms with Crippen LogP contribution in [0.1, 0.15) is 41.2 Å². The van der Waals surface area contributed by atoms with E-state index in [0.717, 1.165) is 17.0 Å². The van der Waals surface area contributed by atoms with Gasteiger partial charge in [-0.1, -0.05) is 11.8 Å². The Morgan fingerprint density at radius 2 is 1.58 bits per heavy atom. The summed E-state index contributed by atoms with van der Waals surface area (Å²) in [5.41, 5.74) is 4.21. The molecule has 5 nitrogen and oxygen atoms in total. The van der Waals surface area contributed by atoms with E-state index >= 15 is 0 Å². The number of ketones is 1. The smallest absolute Gasteiger partial charge is 0.237 e. The second kappa shape index (κ2) is 7.57. The van der Waals surface area contributed by atoms with Crippen LogP contribution in [-0.2, 0) is 4.79 Å². The van der Waals surface area contributed by atoms with Crippen LogP contribution in [0.25, 0.3) is 0 Å². The van der Waals surface area contributed by atoms with Crippen molar-refractivity contribution in [3.63, 3.8) is 0 Å². The molecule has 2 rings (SSSR count). The first kappa shape index (κ1) is 18.1. The van der Waals surface area contributed by atoms with Crippen LogP contribution >= 0.6 is 11.8 Å². The lowest BCUT2D eigenvalue weighted by Gasteiger charge is -2.13. The molecule has 24 heavy (non-hydrogen) atoms. The van der Waals surface area contributed by atoms with Crippen LogP contribution in [0.5, 0.6) is 0 Å². The number of hydrogen-bond acceptors (Lipinski definition) is 5. The number of anilines is 1. The van der Waals surface area contributed by atoms with Crippen molar-refractivity contribution in [2.75, 3.05) is 5.32 Å². The lowest BCUT2D eigenvalue weighted by Crippen LogP contribution is -2.22. The summed E-state index contributed by atoms with van der Waals surface area (Å²) >= 11 is 1.33. The van der Waals surface area contributed by atoms with Gasteiger partial charge in [-0.25, -0.2) is 9.97 Å². The van der Waals surface area contributed by atoms with Crippen LogP contribution in [0.2, 0.25) is 0 Å². The lowest BCUT2D eigenvalue weighted by molar-refractivity contribution is -0.115. The van der Waals surface area contributed by atoms with Gasteiger partial charge in [0.25, 0.3) is 0 Å². The summed E-state index contributed by atoms with van der Waals surface area (Å²) in [5.74, 6) is -0.130. The first-order valence-corrected chi connectivity index (χ1v) is 8.56. The van der Waals surface area contributed by atoms with Crippen molar-refractivity contribution in [1.82, 2.24) is 9.97 Å². The molecule has 1 atom stereocenters. The molecule has 126 valence electrons. The van der Waals surface area contributed by atoms with Crippen molar-refractivity contribution in [2.45, 2.75) is 45.0 Å². The zero-order valence-corrected chi connectivity index (χ0v) is 15.3. The maximum Gasteiger partial charge on any atom is 0.237 e. The third kappa shape index (κ3) is 4.41. The van der Waals surface area contributed by atoms with Gasteiger partial charge < -0.3 is 5.32 Å². The van der Waals surface area contributed by atoms with Crippen molar-refractivity contribution in [1.29, 1.82) is 0 Å². The monoisotopic (exact) mass is 343 g/mol. The normalized spacial score (nSPS) is 11.9. The van der Waals surface area contributed by atoms with Gasteiger partial charge in [-0.2, -0.15) is 0 Å². The Labute approximate surface area is 146 Å². The Morgan fingerprint density at radius 1 is 1.04 bits per heavy atom. The van der Waals surface area contributed by atoms with Crippen molar-refractivity contribution in [2.24, 2.45) is 0 Å². The average molecular weight is 343 g/mol. The number of nitrogens with one attached hydrogen (secondary N) is 1. The van der Waals surface area contributed by atoms with Crippen molar-refractivity contribution in [3.8, 4) is 0 Å². The van der Waals surface area contributed by atoms with E-state index in [9.17, 15) is 9.59 Å². The molecular weight excluding hydrogens is 322 g/mol. The van der Waals surface area contributed by atoms with Crippen molar-refractivity contribution in [3.05, 3.63) is 46.8 Å². The maximum absolute atomic E-state index is 12.3. The van der Waals surface area contributed by atoms with Crippen molar-refractivity contribution < 1.29 is 9.59 Å². The highest BCUT2D eigenvalue weighted by Crippen LogP contribution is 2.23. The number of rotatable bonds is 5. The number of thioether (sulfide) groups is 1. The molecule has 0 radical (unpaired) electrons. The van der Waals surface area contributed by atoms with Gasteiger partial charge in [0.1, 0.15) is 0 Å². The quantitative estimate of drug-likeness (QED) is 0.509. The highest BCUT2D eigenvalue weighted by Gasteiger charge is 2.17. The van der Waals surface area contributed by atoms with Crippen LogP contribution in [0.4, 0.5) is 5.69 Å². The zero-order chi connectivity index (χ0) is 17.9. The summed E-state index contributed by atoms with van der Waals surface area (Å²) in [6.07, 6.45) is 0. The molecule has 0 fully saturated rings. The molecule has 1 aromatic heterocycles. The number of nitrogens with zero attached hydrogens (tertiary/aromatic N) is 2. The third-order valence-corrected chi connectivity index (χ3v) is 4.78. The molecule has 0 spiro atoms. The molecule has 0 saturated carbocycles. The van der Waals surface area contributed by atoms with Gasteiger partial charge in [-0.3, -0.25) is 9.59 Å². The average Bonchev–Trinajstić information content (AvgIpc) is 2.52. The predicted octanol–water partition coefficient (Wildman–Crippen LogP) is 3.72. The van der Waals surface area contributed by atoms with Gasteiger partial charge in [0.05, 0.1) is 5.25 Å². The number of carbonyl (C=O) groups is 2. The largest absolute Gasteiger partial charge is 0.325 e. The molecule has 1 N–H and O–H groups in total. The summed E-state index contributed by atoms with van der Waals surface area (Å²) in [5, 5.41) is 3.11. The lowest BCUT2D eigenvalue weighted by atomic mass is 10.1. The van der Waals surface area contributed by atoms with Gasteiger partial charge in [-0.15, -0.1) is 0 Å². The second-order valence-corrected chi connectivity index (χ2v) is 6.99. The van der Waals surface area contributed by atoms with E-state index in [1.54, 1.807) is 24.3 Å². The van der Waals surface area contributed by atoms with Gasteiger partial charge in [0, 0.05) is 22.6 Å². The van der Waals surface area contributed by atoms with E-state index in [2.05, 4.69) is 15.3 Å². The van der Waals surface area contributed by atoms with Gasteiger partial charge in [-0.05, 0) is 64.4 Å². The first-order chi connectivity index (χ1) is 11.3. The van der Waals surface area contributed by atoms with Gasteiger partial charge >= 0.3 is 0 Å². The second-order valence-electron chi connectivity index (χ2n) is 5.68. The van der Waals surface area contributed by atoms with Crippen LogP contribution in [0.15, 0.2) is 29.4 Å². The van der Waals surface area contributed by atoms with E-state index in [-0.39, 0.29) is 16.9 Å². The van der Waals surface area contributed by atoms with Crippen LogP contribution in [0.3, 0.4) is 0 Å². The zero-order valence-electron chi connectivity index (χ0n) is 14.5.